The topological polar surface area (TPSA) is 43.9 Å². The number of urea groups is 1. The number of hydrazine groups is 1. The van der Waals surface area contributed by atoms with E-state index in [2.05, 4.69) is 0 Å². The molecule has 1 aliphatic heterocycles. The van der Waals surface area contributed by atoms with E-state index in [9.17, 15) is 9.59 Å². The summed E-state index contributed by atoms with van der Waals surface area (Å²) >= 11 is 0. The van der Waals surface area contributed by atoms with Crippen molar-refractivity contribution < 1.29 is 9.59 Å². The summed E-state index contributed by atoms with van der Waals surface area (Å²) in [6, 6.07) is 19.4. The Labute approximate surface area is 135 Å². The lowest BCUT2D eigenvalue weighted by molar-refractivity contribution is -0.138. The Morgan fingerprint density at radius 3 is 1.74 bits per heavy atom. The van der Waals surface area contributed by atoms with Crippen LogP contribution in [0.4, 0.5) is 4.79 Å². The van der Waals surface area contributed by atoms with Crippen LogP contribution in [-0.4, -0.2) is 40.4 Å². The summed E-state index contributed by atoms with van der Waals surface area (Å²) in [5.74, 6) is -0.190. The van der Waals surface area contributed by atoms with E-state index in [-0.39, 0.29) is 18.5 Å². The lowest BCUT2D eigenvalue weighted by Gasteiger charge is -2.29. The fourth-order valence-corrected chi connectivity index (χ4v) is 2.67. The molecule has 0 saturated carbocycles. The van der Waals surface area contributed by atoms with Crippen molar-refractivity contribution >= 4 is 11.9 Å². The monoisotopic (exact) mass is 309 g/mol. The summed E-state index contributed by atoms with van der Waals surface area (Å²) in [7, 11) is 1.64. The van der Waals surface area contributed by atoms with Crippen LogP contribution in [0.1, 0.15) is 11.1 Å². The van der Waals surface area contributed by atoms with Crippen LogP contribution in [0.25, 0.3) is 0 Å². The molecular weight excluding hydrogens is 290 g/mol. The second-order valence-corrected chi connectivity index (χ2v) is 5.64. The smallest absolute Gasteiger partial charge is 0.317 e. The maximum absolute atomic E-state index is 12.3. The van der Waals surface area contributed by atoms with E-state index in [1.165, 1.54) is 9.91 Å². The standard InChI is InChI=1S/C18H19N3O2/c1-19-14-17(22)21(18(19)23)20(12-15-8-4-2-5-9-15)13-16-10-6-3-7-11-16/h2-11H,12-14H2,1H3. The van der Waals surface area contributed by atoms with Gasteiger partial charge in [0.15, 0.2) is 0 Å². The first-order valence-electron chi connectivity index (χ1n) is 7.56. The van der Waals surface area contributed by atoms with Gasteiger partial charge in [0.05, 0.1) is 0 Å². The van der Waals surface area contributed by atoms with E-state index in [1.54, 1.807) is 12.1 Å². The fraction of sp³-hybridized carbons (Fsp3) is 0.222. The highest BCUT2D eigenvalue weighted by atomic mass is 16.2. The lowest BCUT2D eigenvalue weighted by Crippen LogP contribution is -2.46. The molecule has 1 aliphatic rings. The number of hydrogen-bond donors (Lipinski definition) is 0. The molecule has 0 aliphatic carbocycles. The van der Waals surface area contributed by atoms with Gasteiger partial charge in [-0.25, -0.2) is 9.80 Å². The quantitative estimate of drug-likeness (QED) is 0.797. The number of hydrogen-bond acceptors (Lipinski definition) is 3. The summed E-state index contributed by atoms with van der Waals surface area (Å²) in [6.07, 6.45) is 0. The van der Waals surface area contributed by atoms with E-state index in [4.69, 9.17) is 0 Å². The predicted octanol–water partition coefficient (Wildman–Crippen LogP) is 2.50. The van der Waals surface area contributed by atoms with Crippen molar-refractivity contribution in [1.29, 1.82) is 0 Å². The molecule has 2 aromatic carbocycles. The third kappa shape index (κ3) is 3.40. The van der Waals surface area contributed by atoms with Gasteiger partial charge in [0.25, 0.3) is 5.91 Å². The van der Waals surface area contributed by atoms with Crippen LogP contribution < -0.4 is 0 Å². The molecule has 0 N–H and O–H groups in total. The molecule has 1 saturated heterocycles. The van der Waals surface area contributed by atoms with Gasteiger partial charge in [-0.05, 0) is 11.1 Å². The van der Waals surface area contributed by atoms with Crippen LogP contribution in [0.2, 0.25) is 0 Å². The Bertz CT molecular complexity index is 646. The molecule has 1 fully saturated rings. The minimum absolute atomic E-state index is 0.124. The van der Waals surface area contributed by atoms with E-state index in [0.717, 1.165) is 11.1 Å². The Kier molecular flexibility index (Phi) is 4.39. The van der Waals surface area contributed by atoms with Crippen LogP contribution in [-0.2, 0) is 17.9 Å². The van der Waals surface area contributed by atoms with Gasteiger partial charge >= 0.3 is 6.03 Å². The Morgan fingerprint density at radius 1 is 0.870 bits per heavy atom. The first kappa shape index (κ1) is 15.2. The minimum Gasteiger partial charge on any atom is -0.317 e. The molecule has 0 unspecified atom stereocenters. The van der Waals surface area contributed by atoms with Gasteiger partial charge in [0, 0.05) is 20.1 Å². The van der Waals surface area contributed by atoms with E-state index in [0.29, 0.717) is 13.1 Å². The fourth-order valence-electron chi connectivity index (χ4n) is 2.67. The van der Waals surface area contributed by atoms with Crippen molar-refractivity contribution in [3.05, 3.63) is 71.8 Å². The Balaban J connectivity index is 1.87. The summed E-state index contributed by atoms with van der Waals surface area (Å²) < 4.78 is 0. The molecule has 3 rings (SSSR count). The van der Waals surface area contributed by atoms with Gasteiger partial charge in [0.2, 0.25) is 0 Å². The number of rotatable bonds is 5. The third-order valence-corrected chi connectivity index (χ3v) is 3.82. The van der Waals surface area contributed by atoms with Gasteiger partial charge < -0.3 is 4.90 Å². The molecule has 118 valence electrons. The highest BCUT2D eigenvalue weighted by Crippen LogP contribution is 2.18. The number of imide groups is 1. The van der Waals surface area contributed by atoms with Crippen LogP contribution in [0.3, 0.4) is 0 Å². The summed E-state index contributed by atoms with van der Waals surface area (Å²) in [5.41, 5.74) is 2.11. The van der Waals surface area contributed by atoms with E-state index < -0.39 is 0 Å². The van der Waals surface area contributed by atoms with Crippen molar-refractivity contribution in [2.45, 2.75) is 13.1 Å². The molecule has 0 atom stereocenters. The van der Waals surface area contributed by atoms with Gasteiger partial charge in [-0.2, -0.15) is 5.01 Å². The molecule has 0 radical (unpaired) electrons. The SMILES string of the molecule is CN1CC(=O)N(N(Cc2ccccc2)Cc2ccccc2)C1=O. The van der Waals surface area contributed by atoms with Crippen molar-refractivity contribution in [2.24, 2.45) is 0 Å². The largest absolute Gasteiger partial charge is 0.342 e. The zero-order chi connectivity index (χ0) is 16.2. The lowest BCUT2D eigenvalue weighted by atomic mass is 10.2. The molecule has 1 heterocycles. The van der Waals surface area contributed by atoms with E-state index in [1.807, 2.05) is 60.7 Å². The molecule has 23 heavy (non-hydrogen) atoms. The molecule has 5 nitrogen and oxygen atoms in total. The zero-order valence-corrected chi connectivity index (χ0v) is 13.1. The number of carbonyl (C=O) groups excluding carboxylic acids is 2. The summed E-state index contributed by atoms with van der Waals surface area (Å²) in [5, 5.41) is 3.07. The van der Waals surface area contributed by atoms with Crippen LogP contribution in [0.5, 0.6) is 0 Å². The first-order chi connectivity index (χ1) is 11.1. The van der Waals surface area contributed by atoms with Gasteiger partial charge in [-0.15, -0.1) is 0 Å². The normalized spacial score (nSPS) is 14.9. The zero-order valence-electron chi connectivity index (χ0n) is 13.1. The van der Waals surface area contributed by atoms with Crippen LogP contribution in [0.15, 0.2) is 60.7 Å². The predicted molar refractivity (Wildman–Crippen MR) is 87.0 cm³/mol. The number of nitrogens with zero attached hydrogens (tertiary/aromatic N) is 3. The Hall–Kier alpha value is -2.66. The average Bonchev–Trinajstić information content (AvgIpc) is 2.81. The molecule has 3 amide bonds. The van der Waals surface area contributed by atoms with Gasteiger partial charge in [-0.3, -0.25) is 4.79 Å². The first-order valence-corrected chi connectivity index (χ1v) is 7.56. The molecule has 0 spiro atoms. The number of amides is 3. The number of benzene rings is 2. The van der Waals surface area contributed by atoms with Crippen LogP contribution in [0, 0.1) is 0 Å². The molecule has 2 aromatic rings. The maximum atomic E-state index is 12.3. The van der Waals surface area contributed by atoms with E-state index >= 15 is 0 Å². The summed E-state index contributed by atoms with van der Waals surface area (Å²) in [6.45, 7) is 1.13. The van der Waals surface area contributed by atoms with Crippen molar-refractivity contribution in [3.63, 3.8) is 0 Å². The second-order valence-electron chi connectivity index (χ2n) is 5.64. The average molecular weight is 309 g/mol. The van der Waals surface area contributed by atoms with Gasteiger partial charge in [0.1, 0.15) is 6.54 Å². The highest BCUT2D eigenvalue weighted by molar-refractivity contribution is 6.01. The van der Waals surface area contributed by atoms with Crippen molar-refractivity contribution in [1.82, 2.24) is 14.9 Å². The van der Waals surface area contributed by atoms with Crippen molar-refractivity contribution in [3.8, 4) is 0 Å². The highest BCUT2D eigenvalue weighted by Gasteiger charge is 2.37. The second kappa shape index (κ2) is 6.62. The van der Waals surface area contributed by atoms with Crippen LogP contribution >= 0.6 is 0 Å². The number of likely N-dealkylation sites (N-methyl/N-ethyl adjacent to an activating group) is 1. The minimum atomic E-state index is -0.276. The Morgan fingerprint density at radius 2 is 1.35 bits per heavy atom. The summed E-state index contributed by atoms with van der Waals surface area (Å²) in [4.78, 5) is 26.0. The van der Waals surface area contributed by atoms with Gasteiger partial charge in [-0.1, -0.05) is 60.7 Å². The third-order valence-electron chi connectivity index (χ3n) is 3.82. The molecule has 0 bridgehead atoms. The maximum Gasteiger partial charge on any atom is 0.342 e. The molecule has 5 heteroatoms. The van der Waals surface area contributed by atoms with Crippen molar-refractivity contribution in [2.75, 3.05) is 13.6 Å². The number of carbonyl (C=O) groups is 2. The molecule has 0 aromatic heterocycles. The molecular formula is C18H19N3O2.